The smallest absolute Gasteiger partial charge is 0.258 e. The van der Waals surface area contributed by atoms with Crippen LogP contribution < -0.4 is 14.8 Å². The molecule has 4 heteroatoms. The van der Waals surface area contributed by atoms with Crippen LogP contribution in [-0.4, -0.2) is 26.7 Å². The van der Waals surface area contributed by atoms with Gasteiger partial charge in [0.05, 0.1) is 14.2 Å². The van der Waals surface area contributed by atoms with E-state index in [-0.39, 0.29) is 5.91 Å². The molecule has 0 aliphatic carbocycles. The predicted molar refractivity (Wildman–Crippen MR) is 85.0 cm³/mol. The van der Waals surface area contributed by atoms with Gasteiger partial charge in [0.1, 0.15) is 17.1 Å². The molecule has 0 spiro atoms. The molecule has 0 aliphatic rings. The summed E-state index contributed by atoms with van der Waals surface area (Å²) in [5, 5.41) is 3.01. The van der Waals surface area contributed by atoms with Crippen LogP contribution in [-0.2, 0) is 0 Å². The van der Waals surface area contributed by atoms with E-state index in [1.165, 1.54) is 0 Å². The normalized spacial score (nSPS) is 11.1. The Morgan fingerprint density at radius 2 is 1.52 bits per heavy atom. The zero-order chi connectivity index (χ0) is 16.0. The number of benzene rings is 1. The van der Waals surface area contributed by atoms with Crippen molar-refractivity contribution in [1.29, 1.82) is 0 Å². The summed E-state index contributed by atoms with van der Waals surface area (Å²) >= 11 is 0. The Kier molecular flexibility index (Phi) is 6.53. The van der Waals surface area contributed by atoms with Gasteiger partial charge < -0.3 is 14.8 Å². The molecule has 0 unspecified atom stereocenters. The molecular weight excluding hydrogens is 266 g/mol. The van der Waals surface area contributed by atoms with Crippen molar-refractivity contribution >= 4 is 5.91 Å². The molecule has 0 fully saturated rings. The lowest BCUT2D eigenvalue weighted by Crippen LogP contribution is -2.34. The summed E-state index contributed by atoms with van der Waals surface area (Å²) in [5.41, 5.74) is 0.453. The molecule has 0 atom stereocenters. The number of carbonyl (C=O) groups excluding carboxylic acids is 1. The number of rotatable bonds is 7. The van der Waals surface area contributed by atoms with Gasteiger partial charge >= 0.3 is 0 Å². The van der Waals surface area contributed by atoms with E-state index >= 15 is 0 Å². The van der Waals surface area contributed by atoms with Gasteiger partial charge in [0.2, 0.25) is 0 Å². The van der Waals surface area contributed by atoms with Gasteiger partial charge in [-0.25, -0.2) is 0 Å². The van der Waals surface area contributed by atoms with Crippen LogP contribution in [0, 0.1) is 17.8 Å². The van der Waals surface area contributed by atoms with E-state index in [0.29, 0.717) is 41.4 Å². The van der Waals surface area contributed by atoms with Gasteiger partial charge in [0.25, 0.3) is 5.91 Å². The predicted octanol–water partition coefficient (Wildman–Crippen LogP) is 3.36. The lowest BCUT2D eigenvalue weighted by Gasteiger charge is -2.25. The first-order valence-electron chi connectivity index (χ1n) is 7.41. The maximum Gasteiger partial charge on any atom is 0.258 e. The monoisotopic (exact) mass is 293 g/mol. The van der Waals surface area contributed by atoms with E-state index in [1.807, 2.05) is 0 Å². The Bertz CT molecular complexity index is 439. The molecule has 1 amide bonds. The number of hydrogen-bond acceptors (Lipinski definition) is 3. The maximum absolute atomic E-state index is 12.5. The standard InChI is InChI=1S/C17H27NO3/c1-11(2)13(12(3)4)10-18-17(19)16-14(20-5)8-7-9-15(16)21-6/h7-9,11-13H,10H2,1-6H3,(H,18,19). The zero-order valence-corrected chi connectivity index (χ0v) is 13.9. The van der Waals surface area contributed by atoms with Crippen molar-refractivity contribution in [2.75, 3.05) is 20.8 Å². The highest BCUT2D eigenvalue weighted by atomic mass is 16.5. The Balaban J connectivity index is 2.89. The largest absolute Gasteiger partial charge is 0.496 e. The van der Waals surface area contributed by atoms with Crippen LogP contribution in [0.25, 0.3) is 0 Å². The second kappa shape index (κ2) is 7.91. The van der Waals surface area contributed by atoms with Crippen molar-refractivity contribution in [3.63, 3.8) is 0 Å². The van der Waals surface area contributed by atoms with Crippen LogP contribution in [0.15, 0.2) is 18.2 Å². The lowest BCUT2D eigenvalue weighted by molar-refractivity contribution is 0.0931. The van der Waals surface area contributed by atoms with E-state index in [1.54, 1.807) is 32.4 Å². The summed E-state index contributed by atoms with van der Waals surface area (Å²) in [7, 11) is 3.10. The van der Waals surface area contributed by atoms with Gasteiger partial charge in [-0.2, -0.15) is 0 Å². The Hall–Kier alpha value is -1.71. The molecule has 0 bridgehead atoms. The average Bonchev–Trinajstić information content (AvgIpc) is 2.45. The minimum Gasteiger partial charge on any atom is -0.496 e. The third-order valence-electron chi connectivity index (χ3n) is 3.87. The molecule has 1 aromatic carbocycles. The summed E-state index contributed by atoms with van der Waals surface area (Å²) in [4.78, 5) is 12.5. The van der Waals surface area contributed by atoms with Gasteiger partial charge in [0, 0.05) is 6.54 Å². The third kappa shape index (κ3) is 4.38. The average molecular weight is 293 g/mol. The third-order valence-corrected chi connectivity index (χ3v) is 3.87. The molecule has 1 N–H and O–H groups in total. The summed E-state index contributed by atoms with van der Waals surface area (Å²) in [6, 6.07) is 5.33. The first kappa shape index (κ1) is 17.3. The van der Waals surface area contributed by atoms with Crippen molar-refractivity contribution in [2.45, 2.75) is 27.7 Å². The number of amides is 1. The molecule has 1 rings (SSSR count). The van der Waals surface area contributed by atoms with Crippen LogP contribution in [0.4, 0.5) is 0 Å². The summed E-state index contributed by atoms with van der Waals surface area (Å²) < 4.78 is 10.5. The molecule has 0 radical (unpaired) electrons. The van der Waals surface area contributed by atoms with E-state index in [9.17, 15) is 4.79 Å². The maximum atomic E-state index is 12.5. The lowest BCUT2D eigenvalue weighted by atomic mass is 9.85. The second-order valence-corrected chi connectivity index (χ2v) is 5.90. The number of methoxy groups -OCH3 is 2. The molecule has 1 aromatic rings. The zero-order valence-electron chi connectivity index (χ0n) is 13.9. The topological polar surface area (TPSA) is 47.6 Å². The molecular formula is C17H27NO3. The van der Waals surface area contributed by atoms with E-state index in [2.05, 4.69) is 33.0 Å². The van der Waals surface area contributed by atoms with Crippen molar-refractivity contribution in [2.24, 2.45) is 17.8 Å². The highest BCUT2D eigenvalue weighted by molar-refractivity contribution is 5.99. The van der Waals surface area contributed by atoms with Crippen molar-refractivity contribution in [3.8, 4) is 11.5 Å². The number of carbonyl (C=O) groups is 1. The van der Waals surface area contributed by atoms with Crippen LogP contribution in [0.3, 0.4) is 0 Å². The summed E-state index contributed by atoms with van der Waals surface area (Å²) in [6.45, 7) is 9.37. The molecule has 0 heterocycles. The van der Waals surface area contributed by atoms with E-state index in [0.717, 1.165) is 0 Å². The van der Waals surface area contributed by atoms with Crippen molar-refractivity contribution in [3.05, 3.63) is 23.8 Å². The fourth-order valence-corrected chi connectivity index (χ4v) is 2.62. The first-order chi connectivity index (χ1) is 9.92. The van der Waals surface area contributed by atoms with Crippen LogP contribution in [0.2, 0.25) is 0 Å². The van der Waals surface area contributed by atoms with E-state index in [4.69, 9.17) is 9.47 Å². The van der Waals surface area contributed by atoms with Gasteiger partial charge in [0.15, 0.2) is 0 Å². The number of ether oxygens (including phenoxy) is 2. The van der Waals surface area contributed by atoms with Crippen LogP contribution in [0.5, 0.6) is 11.5 Å². The number of nitrogens with one attached hydrogen (secondary N) is 1. The van der Waals surface area contributed by atoms with E-state index < -0.39 is 0 Å². The molecule has 4 nitrogen and oxygen atoms in total. The molecule has 0 aliphatic heterocycles. The Morgan fingerprint density at radius 3 is 1.90 bits per heavy atom. The Morgan fingerprint density at radius 1 is 1.05 bits per heavy atom. The molecule has 0 saturated heterocycles. The van der Waals surface area contributed by atoms with Crippen molar-refractivity contribution in [1.82, 2.24) is 5.32 Å². The minimum absolute atomic E-state index is 0.157. The van der Waals surface area contributed by atoms with Gasteiger partial charge in [-0.05, 0) is 29.9 Å². The molecule has 118 valence electrons. The highest BCUT2D eigenvalue weighted by Crippen LogP contribution is 2.28. The van der Waals surface area contributed by atoms with Crippen LogP contribution >= 0.6 is 0 Å². The van der Waals surface area contributed by atoms with Gasteiger partial charge in [-0.3, -0.25) is 4.79 Å². The first-order valence-corrected chi connectivity index (χ1v) is 7.41. The fourth-order valence-electron chi connectivity index (χ4n) is 2.62. The minimum atomic E-state index is -0.157. The molecule has 0 aromatic heterocycles. The second-order valence-electron chi connectivity index (χ2n) is 5.90. The summed E-state index contributed by atoms with van der Waals surface area (Å²) in [6.07, 6.45) is 0. The Labute approximate surface area is 127 Å². The number of hydrogen-bond donors (Lipinski definition) is 1. The molecule has 21 heavy (non-hydrogen) atoms. The SMILES string of the molecule is COc1cccc(OC)c1C(=O)NCC(C(C)C)C(C)C. The quantitative estimate of drug-likeness (QED) is 0.838. The van der Waals surface area contributed by atoms with Gasteiger partial charge in [-0.15, -0.1) is 0 Å². The molecule has 0 saturated carbocycles. The summed E-state index contributed by atoms with van der Waals surface area (Å²) in [5.74, 6) is 2.37. The van der Waals surface area contributed by atoms with Crippen LogP contribution in [0.1, 0.15) is 38.1 Å². The highest BCUT2D eigenvalue weighted by Gasteiger charge is 2.22. The van der Waals surface area contributed by atoms with Crippen molar-refractivity contribution < 1.29 is 14.3 Å². The van der Waals surface area contributed by atoms with Gasteiger partial charge in [-0.1, -0.05) is 33.8 Å². The fraction of sp³-hybridized carbons (Fsp3) is 0.588.